The molecule has 0 amide bonds. The maximum Gasteiger partial charge on any atom is 0.114 e. The molecular weight excluding hydrogens is 256 g/mol. The number of hydrogen-bond donors (Lipinski definition) is 1. The van der Waals surface area contributed by atoms with E-state index < -0.39 is 0 Å². The Kier molecular flexibility index (Phi) is 3.05. The van der Waals surface area contributed by atoms with E-state index in [1.807, 2.05) is 48.3 Å². The van der Waals surface area contributed by atoms with Crippen molar-refractivity contribution >= 4 is 17.0 Å². The topological polar surface area (TPSA) is 56.7 Å². The molecule has 0 aliphatic carbocycles. The van der Waals surface area contributed by atoms with Gasteiger partial charge < -0.3 is 5.73 Å². The van der Waals surface area contributed by atoms with Gasteiger partial charge in [-0.2, -0.15) is 5.10 Å². The quantitative estimate of drug-likeness (QED) is 0.744. The Bertz CT molecular complexity index is 699. The zero-order valence-electron chi connectivity index (χ0n) is 10.6. The van der Waals surface area contributed by atoms with E-state index in [9.17, 15) is 0 Å². The van der Waals surface area contributed by atoms with Gasteiger partial charge in [-0.15, -0.1) is 11.3 Å². The molecule has 0 unspecified atom stereocenters. The van der Waals surface area contributed by atoms with E-state index in [-0.39, 0.29) is 0 Å². The highest BCUT2D eigenvalue weighted by Gasteiger charge is 2.04. The number of thiazole rings is 1. The lowest BCUT2D eigenvalue weighted by Gasteiger charge is -1.99. The Labute approximate surface area is 115 Å². The summed E-state index contributed by atoms with van der Waals surface area (Å²) >= 11 is 1.66. The van der Waals surface area contributed by atoms with E-state index in [0.717, 1.165) is 27.5 Å². The van der Waals surface area contributed by atoms with Crippen molar-refractivity contribution < 1.29 is 0 Å². The van der Waals surface area contributed by atoms with Gasteiger partial charge in [-0.25, -0.2) is 4.98 Å². The number of hydrogen-bond acceptors (Lipinski definition) is 4. The number of aryl methyl sites for hydroxylation is 1. The molecule has 0 atom stereocenters. The number of nitrogen functional groups attached to an aromatic ring is 1. The number of rotatable bonds is 3. The van der Waals surface area contributed by atoms with Crippen molar-refractivity contribution in [2.45, 2.75) is 13.5 Å². The van der Waals surface area contributed by atoms with E-state index in [0.29, 0.717) is 6.54 Å². The Balaban J connectivity index is 1.83. The van der Waals surface area contributed by atoms with Gasteiger partial charge in [0, 0.05) is 28.5 Å². The smallest absolute Gasteiger partial charge is 0.114 e. The van der Waals surface area contributed by atoms with Gasteiger partial charge in [0.05, 0.1) is 12.7 Å². The minimum Gasteiger partial charge on any atom is -0.399 e. The lowest BCUT2D eigenvalue weighted by Crippen LogP contribution is -1.99. The molecule has 2 heterocycles. The molecule has 0 radical (unpaired) electrons. The van der Waals surface area contributed by atoms with Gasteiger partial charge in [0.2, 0.25) is 0 Å². The molecule has 0 fully saturated rings. The summed E-state index contributed by atoms with van der Waals surface area (Å²) < 4.78 is 1.90. The van der Waals surface area contributed by atoms with Crippen molar-refractivity contribution in [2.24, 2.45) is 0 Å². The van der Waals surface area contributed by atoms with Gasteiger partial charge in [0.1, 0.15) is 5.01 Å². The fourth-order valence-electron chi connectivity index (χ4n) is 1.93. The van der Waals surface area contributed by atoms with E-state index in [1.165, 1.54) is 0 Å². The first-order valence-corrected chi connectivity index (χ1v) is 6.88. The lowest BCUT2D eigenvalue weighted by atomic mass is 10.1. The number of anilines is 1. The predicted octanol–water partition coefficient (Wildman–Crippen LogP) is 2.95. The molecule has 96 valence electrons. The van der Waals surface area contributed by atoms with Gasteiger partial charge in [0.15, 0.2) is 0 Å². The molecule has 0 saturated heterocycles. The number of nitrogens with zero attached hydrogens (tertiary/aromatic N) is 3. The van der Waals surface area contributed by atoms with Crippen molar-refractivity contribution in [3.8, 4) is 11.1 Å². The van der Waals surface area contributed by atoms with E-state index in [4.69, 9.17) is 5.73 Å². The second kappa shape index (κ2) is 4.85. The molecule has 3 rings (SSSR count). The molecule has 1 aromatic carbocycles. The van der Waals surface area contributed by atoms with Crippen LogP contribution < -0.4 is 5.73 Å². The molecule has 19 heavy (non-hydrogen) atoms. The van der Waals surface area contributed by atoms with Gasteiger partial charge in [-0.3, -0.25) is 4.68 Å². The van der Waals surface area contributed by atoms with Crippen LogP contribution in [0.4, 0.5) is 5.69 Å². The Morgan fingerprint density at radius 2 is 2.21 bits per heavy atom. The van der Waals surface area contributed by atoms with Crippen LogP contribution in [0.15, 0.2) is 42.0 Å². The maximum atomic E-state index is 5.79. The Hall–Kier alpha value is -2.14. The van der Waals surface area contributed by atoms with Crippen molar-refractivity contribution in [3.05, 3.63) is 52.7 Å². The van der Waals surface area contributed by atoms with E-state index >= 15 is 0 Å². The second-order valence-corrected chi connectivity index (χ2v) is 5.38. The van der Waals surface area contributed by atoms with Crippen molar-refractivity contribution in [1.29, 1.82) is 0 Å². The van der Waals surface area contributed by atoms with Gasteiger partial charge in [-0.05, 0) is 24.6 Å². The van der Waals surface area contributed by atoms with Gasteiger partial charge in [-0.1, -0.05) is 12.1 Å². The first-order valence-electron chi connectivity index (χ1n) is 6.00. The van der Waals surface area contributed by atoms with Crippen LogP contribution in [0.3, 0.4) is 0 Å². The van der Waals surface area contributed by atoms with Crippen LogP contribution in [0.2, 0.25) is 0 Å². The number of benzene rings is 1. The van der Waals surface area contributed by atoms with Crippen LogP contribution in [0, 0.1) is 6.92 Å². The predicted molar refractivity (Wildman–Crippen MR) is 78.0 cm³/mol. The SMILES string of the molecule is Cc1csc(Cn2cc(-c3cccc(N)c3)cn2)n1. The molecule has 4 nitrogen and oxygen atoms in total. The number of nitrogens with two attached hydrogens (primary N) is 1. The van der Waals surface area contributed by atoms with Crippen molar-refractivity contribution in [3.63, 3.8) is 0 Å². The van der Waals surface area contributed by atoms with Crippen LogP contribution in [0.5, 0.6) is 0 Å². The van der Waals surface area contributed by atoms with E-state index in [1.54, 1.807) is 11.3 Å². The monoisotopic (exact) mass is 270 g/mol. The number of aromatic nitrogens is 3. The summed E-state index contributed by atoms with van der Waals surface area (Å²) in [7, 11) is 0. The summed E-state index contributed by atoms with van der Waals surface area (Å²) in [5, 5.41) is 7.49. The summed E-state index contributed by atoms with van der Waals surface area (Å²) in [4.78, 5) is 4.44. The minimum atomic E-state index is 0.709. The standard InChI is InChI=1S/C14H14N4S/c1-10-9-19-14(17-10)8-18-7-12(6-16-18)11-3-2-4-13(15)5-11/h2-7,9H,8,15H2,1H3. The van der Waals surface area contributed by atoms with Gasteiger partial charge in [0.25, 0.3) is 0 Å². The average molecular weight is 270 g/mol. The average Bonchev–Trinajstić information content (AvgIpc) is 2.99. The Morgan fingerprint density at radius 3 is 2.95 bits per heavy atom. The zero-order valence-corrected chi connectivity index (χ0v) is 11.4. The summed E-state index contributed by atoms with van der Waals surface area (Å²) in [5.74, 6) is 0. The van der Waals surface area contributed by atoms with Crippen LogP contribution in [-0.2, 0) is 6.54 Å². The third kappa shape index (κ3) is 2.66. The van der Waals surface area contributed by atoms with Crippen molar-refractivity contribution in [1.82, 2.24) is 14.8 Å². The lowest BCUT2D eigenvalue weighted by molar-refractivity contribution is 0.682. The fourth-order valence-corrected chi connectivity index (χ4v) is 2.69. The molecule has 2 aromatic heterocycles. The van der Waals surface area contributed by atoms with E-state index in [2.05, 4.69) is 15.5 Å². The van der Waals surface area contributed by atoms with Gasteiger partial charge >= 0.3 is 0 Å². The molecule has 0 aliphatic rings. The molecule has 5 heteroatoms. The third-order valence-electron chi connectivity index (χ3n) is 2.82. The Morgan fingerprint density at radius 1 is 1.32 bits per heavy atom. The summed E-state index contributed by atoms with van der Waals surface area (Å²) in [5.41, 5.74) is 9.77. The third-order valence-corrected chi connectivity index (χ3v) is 3.77. The largest absolute Gasteiger partial charge is 0.399 e. The minimum absolute atomic E-state index is 0.709. The second-order valence-electron chi connectivity index (χ2n) is 4.43. The first kappa shape index (κ1) is 11.9. The van der Waals surface area contributed by atoms with Crippen molar-refractivity contribution in [2.75, 3.05) is 5.73 Å². The molecule has 0 spiro atoms. The zero-order chi connectivity index (χ0) is 13.2. The highest BCUT2D eigenvalue weighted by atomic mass is 32.1. The van der Waals surface area contributed by atoms with Crippen LogP contribution >= 0.6 is 11.3 Å². The highest BCUT2D eigenvalue weighted by Crippen LogP contribution is 2.21. The summed E-state index contributed by atoms with van der Waals surface area (Å²) in [6.45, 7) is 2.71. The maximum absolute atomic E-state index is 5.79. The van der Waals surface area contributed by atoms with Crippen LogP contribution in [-0.4, -0.2) is 14.8 Å². The molecule has 0 aliphatic heterocycles. The molecule has 0 saturated carbocycles. The summed E-state index contributed by atoms with van der Waals surface area (Å²) in [6.07, 6.45) is 3.88. The molecule has 3 aromatic rings. The molecule has 0 bridgehead atoms. The first-order chi connectivity index (χ1) is 9.20. The molecule has 2 N–H and O–H groups in total. The fraction of sp³-hybridized carbons (Fsp3) is 0.143. The van der Waals surface area contributed by atoms with Crippen LogP contribution in [0.25, 0.3) is 11.1 Å². The molecular formula is C14H14N4S. The normalized spacial score (nSPS) is 10.8. The summed E-state index contributed by atoms with van der Waals surface area (Å²) in [6, 6.07) is 7.82. The van der Waals surface area contributed by atoms with Crippen LogP contribution in [0.1, 0.15) is 10.7 Å². The highest BCUT2D eigenvalue weighted by molar-refractivity contribution is 7.09.